The SMILES string of the molecule is CC1(C)CCCC1NC(=O)c1cc(C(F)(F)F)ccc1Br. The van der Waals surface area contributed by atoms with E-state index in [2.05, 4.69) is 35.1 Å². The summed E-state index contributed by atoms with van der Waals surface area (Å²) in [6.07, 6.45) is -1.58. The molecular formula is C15H17BrF3NO. The fourth-order valence-corrected chi connectivity index (χ4v) is 3.13. The zero-order valence-corrected chi connectivity index (χ0v) is 13.4. The van der Waals surface area contributed by atoms with Crippen molar-refractivity contribution in [1.29, 1.82) is 0 Å². The summed E-state index contributed by atoms with van der Waals surface area (Å²) in [6, 6.07) is 3.10. The summed E-state index contributed by atoms with van der Waals surface area (Å²) in [5, 5.41) is 2.87. The summed E-state index contributed by atoms with van der Waals surface area (Å²) in [4.78, 5) is 12.3. The Hall–Kier alpha value is -1.04. The van der Waals surface area contributed by atoms with Crippen molar-refractivity contribution < 1.29 is 18.0 Å². The Morgan fingerprint density at radius 1 is 1.38 bits per heavy atom. The van der Waals surface area contributed by atoms with Gasteiger partial charge in [0.1, 0.15) is 0 Å². The number of halogens is 4. The molecule has 1 saturated carbocycles. The summed E-state index contributed by atoms with van der Waals surface area (Å²) in [6.45, 7) is 4.12. The summed E-state index contributed by atoms with van der Waals surface area (Å²) in [5.41, 5.74) is -0.821. The third-order valence-electron chi connectivity index (χ3n) is 4.10. The molecule has 1 unspecified atom stereocenters. The van der Waals surface area contributed by atoms with Crippen LogP contribution in [0.2, 0.25) is 0 Å². The van der Waals surface area contributed by atoms with Gasteiger partial charge in [-0.3, -0.25) is 4.79 Å². The van der Waals surface area contributed by atoms with Gasteiger partial charge in [0.2, 0.25) is 0 Å². The van der Waals surface area contributed by atoms with Crippen LogP contribution in [0.5, 0.6) is 0 Å². The van der Waals surface area contributed by atoms with E-state index in [1.165, 1.54) is 6.07 Å². The van der Waals surface area contributed by atoms with Crippen LogP contribution in [0.3, 0.4) is 0 Å². The zero-order valence-electron chi connectivity index (χ0n) is 11.9. The van der Waals surface area contributed by atoms with Crippen molar-refractivity contribution in [2.45, 2.75) is 45.3 Å². The van der Waals surface area contributed by atoms with Crippen LogP contribution >= 0.6 is 15.9 Å². The van der Waals surface area contributed by atoms with Gasteiger partial charge in [0.05, 0.1) is 11.1 Å². The van der Waals surface area contributed by atoms with E-state index in [0.717, 1.165) is 31.4 Å². The lowest BCUT2D eigenvalue weighted by Gasteiger charge is -2.28. The van der Waals surface area contributed by atoms with Crippen molar-refractivity contribution in [3.05, 3.63) is 33.8 Å². The molecule has 1 fully saturated rings. The summed E-state index contributed by atoms with van der Waals surface area (Å²) < 4.78 is 38.6. The molecule has 0 heterocycles. The Bertz CT molecular complexity index is 554. The van der Waals surface area contributed by atoms with Gasteiger partial charge in [-0.15, -0.1) is 0 Å². The highest BCUT2D eigenvalue weighted by Crippen LogP contribution is 2.38. The molecule has 0 saturated heterocycles. The van der Waals surface area contributed by atoms with Gasteiger partial charge in [-0.05, 0) is 52.4 Å². The van der Waals surface area contributed by atoms with Crippen LogP contribution in [0, 0.1) is 5.41 Å². The molecule has 1 aromatic carbocycles. The third kappa shape index (κ3) is 3.59. The highest BCUT2D eigenvalue weighted by Gasteiger charge is 2.36. The van der Waals surface area contributed by atoms with E-state index < -0.39 is 17.6 Å². The van der Waals surface area contributed by atoms with E-state index in [1.807, 2.05) is 0 Å². The van der Waals surface area contributed by atoms with Crippen LogP contribution in [0.25, 0.3) is 0 Å². The second-order valence-electron chi connectivity index (χ2n) is 6.10. The van der Waals surface area contributed by atoms with E-state index in [0.29, 0.717) is 4.47 Å². The Balaban J connectivity index is 2.23. The Kier molecular flexibility index (Phi) is 4.38. The molecule has 0 aromatic heterocycles. The molecule has 1 aliphatic carbocycles. The van der Waals surface area contributed by atoms with E-state index in [-0.39, 0.29) is 17.0 Å². The van der Waals surface area contributed by atoms with Crippen LogP contribution < -0.4 is 5.32 Å². The van der Waals surface area contributed by atoms with Gasteiger partial charge in [-0.25, -0.2) is 0 Å². The molecule has 1 N–H and O–H groups in total. The smallest absolute Gasteiger partial charge is 0.349 e. The largest absolute Gasteiger partial charge is 0.416 e. The first kappa shape index (κ1) is 16.3. The van der Waals surface area contributed by atoms with Gasteiger partial charge < -0.3 is 5.32 Å². The summed E-state index contributed by atoms with van der Waals surface area (Å²) in [5.74, 6) is -0.465. The number of hydrogen-bond donors (Lipinski definition) is 1. The van der Waals surface area contributed by atoms with Crippen LogP contribution in [-0.4, -0.2) is 11.9 Å². The predicted molar refractivity (Wildman–Crippen MR) is 78.0 cm³/mol. The number of alkyl halides is 3. The maximum absolute atomic E-state index is 12.7. The van der Waals surface area contributed by atoms with Crippen molar-refractivity contribution in [3.8, 4) is 0 Å². The van der Waals surface area contributed by atoms with Crippen molar-refractivity contribution in [2.75, 3.05) is 0 Å². The molecule has 6 heteroatoms. The van der Waals surface area contributed by atoms with Crippen LogP contribution in [0.1, 0.15) is 49.0 Å². The molecule has 0 spiro atoms. The van der Waals surface area contributed by atoms with Gasteiger partial charge in [0.15, 0.2) is 0 Å². The number of nitrogens with one attached hydrogen (secondary N) is 1. The summed E-state index contributed by atoms with van der Waals surface area (Å²) in [7, 11) is 0. The molecule has 0 aliphatic heterocycles. The average molecular weight is 364 g/mol. The monoisotopic (exact) mass is 363 g/mol. The molecule has 0 radical (unpaired) electrons. The second-order valence-corrected chi connectivity index (χ2v) is 6.95. The average Bonchev–Trinajstić information content (AvgIpc) is 2.67. The zero-order chi connectivity index (χ0) is 15.8. The number of amides is 1. The first-order valence-electron chi connectivity index (χ1n) is 6.79. The topological polar surface area (TPSA) is 29.1 Å². The van der Waals surface area contributed by atoms with Crippen molar-refractivity contribution in [1.82, 2.24) is 5.32 Å². The molecular weight excluding hydrogens is 347 g/mol. The van der Waals surface area contributed by atoms with E-state index in [1.54, 1.807) is 0 Å². The molecule has 1 atom stereocenters. The molecule has 1 aromatic rings. The van der Waals surface area contributed by atoms with Gasteiger partial charge in [-0.1, -0.05) is 20.3 Å². The maximum Gasteiger partial charge on any atom is 0.416 e. The number of carbonyl (C=O) groups excluding carboxylic acids is 1. The van der Waals surface area contributed by atoms with Crippen molar-refractivity contribution in [2.24, 2.45) is 5.41 Å². The van der Waals surface area contributed by atoms with E-state index in [4.69, 9.17) is 0 Å². The Morgan fingerprint density at radius 2 is 2.05 bits per heavy atom. The minimum Gasteiger partial charge on any atom is -0.349 e. The first-order valence-corrected chi connectivity index (χ1v) is 7.58. The van der Waals surface area contributed by atoms with E-state index in [9.17, 15) is 18.0 Å². The minimum absolute atomic E-state index is 0.00792. The molecule has 116 valence electrons. The fourth-order valence-electron chi connectivity index (χ4n) is 2.71. The molecule has 21 heavy (non-hydrogen) atoms. The lowest BCUT2D eigenvalue weighted by molar-refractivity contribution is -0.137. The number of benzene rings is 1. The lowest BCUT2D eigenvalue weighted by atomic mass is 9.87. The molecule has 2 rings (SSSR count). The molecule has 1 aliphatic rings. The molecule has 1 amide bonds. The molecule has 2 nitrogen and oxygen atoms in total. The Morgan fingerprint density at radius 3 is 2.57 bits per heavy atom. The first-order chi connectivity index (χ1) is 9.61. The van der Waals surface area contributed by atoms with Crippen LogP contribution in [0.4, 0.5) is 13.2 Å². The second kappa shape index (κ2) is 5.63. The van der Waals surface area contributed by atoms with Crippen molar-refractivity contribution >= 4 is 21.8 Å². The van der Waals surface area contributed by atoms with Gasteiger partial charge in [-0.2, -0.15) is 13.2 Å². The standard InChI is InChI=1S/C15H17BrF3NO/c1-14(2)7-3-4-12(14)20-13(21)10-8-9(15(17,18)19)5-6-11(10)16/h5-6,8,12H,3-4,7H2,1-2H3,(H,20,21). The maximum atomic E-state index is 12.7. The quantitative estimate of drug-likeness (QED) is 0.804. The molecule has 0 bridgehead atoms. The van der Waals surface area contributed by atoms with Crippen molar-refractivity contribution in [3.63, 3.8) is 0 Å². The normalized spacial score (nSPS) is 21.3. The predicted octanol–water partition coefficient (Wildman–Crippen LogP) is 4.78. The van der Waals surface area contributed by atoms with E-state index >= 15 is 0 Å². The lowest BCUT2D eigenvalue weighted by Crippen LogP contribution is -2.41. The number of rotatable bonds is 2. The van der Waals surface area contributed by atoms with Gasteiger partial charge in [0.25, 0.3) is 5.91 Å². The van der Waals surface area contributed by atoms with Crippen LogP contribution in [-0.2, 0) is 6.18 Å². The highest BCUT2D eigenvalue weighted by molar-refractivity contribution is 9.10. The number of carbonyl (C=O) groups is 1. The third-order valence-corrected chi connectivity index (χ3v) is 4.79. The van der Waals surface area contributed by atoms with Crippen LogP contribution in [0.15, 0.2) is 22.7 Å². The minimum atomic E-state index is -4.46. The number of hydrogen-bond acceptors (Lipinski definition) is 1. The van der Waals surface area contributed by atoms with Gasteiger partial charge in [0, 0.05) is 10.5 Å². The Labute approximate surface area is 130 Å². The highest BCUT2D eigenvalue weighted by atomic mass is 79.9. The van der Waals surface area contributed by atoms with Gasteiger partial charge >= 0.3 is 6.18 Å². The fraction of sp³-hybridized carbons (Fsp3) is 0.533. The summed E-state index contributed by atoms with van der Waals surface area (Å²) >= 11 is 3.15.